The van der Waals surface area contributed by atoms with Gasteiger partial charge >= 0.3 is 0 Å². The van der Waals surface area contributed by atoms with E-state index in [1.165, 1.54) is 16.2 Å². The van der Waals surface area contributed by atoms with Gasteiger partial charge in [-0.3, -0.25) is 9.80 Å². The number of ether oxygens (including phenoxy) is 1. The summed E-state index contributed by atoms with van der Waals surface area (Å²) in [6.07, 6.45) is 0. The van der Waals surface area contributed by atoms with Gasteiger partial charge in [0, 0.05) is 12.6 Å². The molecule has 0 aromatic heterocycles. The zero-order chi connectivity index (χ0) is 13.5. The summed E-state index contributed by atoms with van der Waals surface area (Å²) in [4.78, 5) is 3.95. The maximum absolute atomic E-state index is 6.19. The number of likely N-dealkylation sites (N-methyl/N-ethyl adjacent to an activating group) is 1. The first-order valence-corrected chi connectivity index (χ1v) is 7.23. The molecule has 0 amide bonds. The van der Waals surface area contributed by atoms with Gasteiger partial charge in [0.15, 0.2) is 11.4 Å². The third kappa shape index (κ3) is 1.82. The zero-order valence-corrected chi connectivity index (χ0v) is 11.7. The number of benzene rings is 2. The molecule has 2 aromatic rings. The van der Waals surface area contributed by atoms with E-state index in [9.17, 15) is 0 Å². The maximum Gasteiger partial charge on any atom is 0.187 e. The number of nitrogens with one attached hydrogen (secondary N) is 1. The highest BCUT2D eigenvalue weighted by atomic mass is 16.5. The second-order valence-corrected chi connectivity index (χ2v) is 5.73. The minimum absolute atomic E-state index is 0.452. The second-order valence-electron chi connectivity index (χ2n) is 5.73. The Morgan fingerprint density at radius 2 is 1.80 bits per heavy atom. The lowest BCUT2D eigenvalue weighted by atomic mass is 10.0. The minimum Gasteiger partial charge on any atom is -0.451 e. The van der Waals surface area contributed by atoms with Crippen molar-refractivity contribution in [1.82, 2.24) is 4.90 Å². The summed E-state index contributed by atoms with van der Waals surface area (Å²) in [5.74, 6) is 2.01. The lowest BCUT2D eigenvalue weighted by molar-refractivity contribution is -0.872. The van der Waals surface area contributed by atoms with Crippen LogP contribution in [0.5, 0.6) is 11.5 Å². The van der Waals surface area contributed by atoms with Gasteiger partial charge in [-0.25, -0.2) is 0 Å². The van der Waals surface area contributed by atoms with Gasteiger partial charge in [-0.1, -0.05) is 24.3 Å². The number of fused-ring (bicyclic) bond motifs is 5. The quantitative estimate of drug-likeness (QED) is 0.786. The van der Waals surface area contributed by atoms with E-state index in [2.05, 4.69) is 60.5 Å². The first-order valence-electron chi connectivity index (χ1n) is 7.23. The molecule has 0 aliphatic carbocycles. The predicted octanol–water partition coefficient (Wildman–Crippen LogP) is 2.00. The molecule has 2 aliphatic rings. The largest absolute Gasteiger partial charge is 0.451 e. The first-order chi connectivity index (χ1) is 9.83. The van der Waals surface area contributed by atoms with Crippen molar-refractivity contribution in [3.63, 3.8) is 0 Å². The Labute approximate surface area is 119 Å². The molecule has 1 N–H and O–H groups in total. The lowest BCUT2D eigenvalue weighted by Gasteiger charge is -2.36. The molecule has 2 aliphatic heterocycles. The Balaban J connectivity index is 1.90. The lowest BCUT2D eigenvalue weighted by Crippen LogP contribution is -3.10. The Morgan fingerprint density at radius 1 is 1.05 bits per heavy atom. The number of piperazine rings is 1. The van der Waals surface area contributed by atoms with Crippen molar-refractivity contribution in [2.75, 3.05) is 26.7 Å². The molecule has 0 radical (unpaired) electrons. The monoisotopic (exact) mass is 267 g/mol. The molecule has 2 unspecified atom stereocenters. The van der Waals surface area contributed by atoms with Crippen LogP contribution in [0.25, 0.3) is 0 Å². The van der Waals surface area contributed by atoms with Crippen molar-refractivity contribution in [1.29, 1.82) is 0 Å². The topological polar surface area (TPSA) is 16.9 Å². The molecule has 1 saturated heterocycles. The van der Waals surface area contributed by atoms with E-state index in [1.807, 2.05) is 0 Å². The average Bonchev–Trinajstić information content (AvgIpc) is 2.61. The van der Waals surface area contributed by atoms with Crippen LogP contribution < -0.4 is 9.64 Å². The van der Waals surface area contributed by atoms with Crippen LogP contribution in [0.3, 0.4) is 0 Å². The summed E-state index contributed by atoms with van der Waals surface area (Å²) in [5, 5.41) is 0. The number of hydrogen-bond donors (Lipinski definition) is 1. The van der Waals surface area contributed by atoms with Crippen molar-refractivity contribution in [2.24, 2.45) is 0 Å². The molecule has 4 rings (SSSR count). The van der Waals surface area contributed by atoms with Gasteiger partial charge in [-0.05, 0) is 25.2 Å². The maximum atomic E-state index is 6.19. The Bertz CT molecular complexity index is 640. The third-order valence-electron chi connectivity index (χ3n) is 4.43. The fourth-order valence-corrected chi connectivity index (χ4v) is 3.41. The Kier molecular flexibility index (Phi) is 2.76. The van der Waals surface area contributed by atoms with Crippen LogP contribution in [0.15, 0.2) is 48.5 Å². The van der Waals surface area contributed by atoms with Crippen LogP contribution in [-0.4, -0.2) is 31.6 Å². The smallest absolute Gasteiger partial charge is 0.187 e. The zero-order valence-electron chi connectivity index (χ0n) is 11.7. The van der Waals surface area contributed by atoms with Gasteiger partial charge in [0.2, 0.25) is 0 Å². The number of rotatable bonds is 0. The normalized spacial score (nSPS) is 24.9. The van der Waals surface area contributed by atoms with E-state index in [0.29, 0.717) is 6.04 Å². The van der Waals surface area contributed by atoms with Gasteiger partial charge < -0.3 is 4.74 Å². The van der Waals surface area contributed by atoms with Gasteiger partial charge in [0.05, 0.1) is 18.7 Å². The fourth-order valence-electron chi connectivity index (χ4n) is 3.41. The summed E-state index contributed by atoms with van der Waals surface area (Å²) in [6, 6.07) is 17.4. The van der Waals surface area contributed by atoms with E-state index >= 15 is 0 Å². The van der Waals surface area contributed by atoms with Gasteiger partial charge in [0.1, 0.15) is 11.8 Å². The highest BCUT2D eigenvalue weighted by Gasteiger charge is 2.37. The number of hydrogen-bond acceptors (Lipinski definition) is 2. The highest BCUT2D eigenvalue weighted by Crippen LogP contribution is 2.36. The van der Waals surface area contributed by atoms with E-state index in [-0.39, 0.29) is 0 Å². The summed E-state index contributed by atoms with van der Waals surface area (Å²) in [7, 11) is 2.21. The summed E-state index contributed by atoms with van der Waals surface area (Å²) in [5.41, 5.74) is 2.62. The number of quaternary nitrogens is 1. The molecule has 0 saturated carbocycles. The SMILES string of the molecule is CN1CC[NH+]2c3ccccc3Oc3ccccc3C2C1. The molecule has 0 spiro atoms. The number of nitrogens with zero attached hydrogens (tertiary/aromatic N) is 1. The van der Waals surface area contributed by atoms with Crippen LogP contribution in [-0.2, 0) is 0 Å². The van der Waals surface area contributed by atoms with Crippen molar-refractivity contribution >= 4 is 5.69 Å². The van der Waals surface area contributed by atoms with Crippen LogP contribution in [0.4, 0.5) is 5.69 Å². The molecule has 3 nitrogen and oxygen atoms in total. The molecular weight excluding hydrogens is 248 g/mol. The van der Waals surface area contributed by atoms with Gasteiger partial charge in [0.25, 0.3) is 0 Å². The van der Waals surface area contributed by atoms with Gasteiger partial charge in [-0.15, -0.1) is 0 Å². The Morgan fingerprint density at radius 3 is 2.70 bits per heavy atom. The minimum atomic E-state index is 0.452. The fraction of sp³-hybridized carbons (Fsp3) is 0.294. The molecule has 102 valence electrons. The summed E-state index contributed by atoms with van der Waals surface area (Å²) in [6.45, 7) is 3.32. The van der Waals surface area contributed by atoms with Crippen LogP contribution in [0.1, 0.15) is 11.6 Å². The molecular formula is C17H19N2O+. The molecule has 1 fully saturated rings. The standard InChI is InChI=1S/C17H18N2O/c1-18-10-11-19-14-7-3-5-9-17(14)20-16-8-4-2-6-13(16)15(19)12-18/h2-9,15H,10-12H2,1H3/p+1. The summed E-state index contributed by atoms with van der Waals surface area (Å²) < 4.78 is 6.19. The molecule has 2 atom stereocenters. The molecule has 0 bridgehead atoms. The van der Waals surface area contributed by atoms with Crippen molar-refractivity contribution in [2.45, 2.75) is 6.04 Å². The van der Waals surface area contributed by atoms with Crippen LogP contribution in [0.2, 0.25) is 0 Å². The molecule has 20 heavy (non-hydrogen) atoms. The van der Waals surface area contributed by atoms with E-state index in [0.717, 1.165) is 31.1 Å². The first kappa shape index (κ1) is 11.9. The second kappa shape index (κ2) is 4.62. The molecule has 2 heterocycles. The third-order valence-corrected chi connectivity index (χ3v) is 4.43. The molecule has 2 aromatic carbocycles. The molecule has 3 heteroatoms. The van der Waals surface area contributed by atoms with Crippen molar-refractivity contribution in [3.8, 4) is 11.5 Å². The number of para-hydroxylation sites is 3. The van der Waals surface area contributed by atoms with Crippen molar-refractivity contribution in [3.05, 3.63) is 54.1 Å². The predicted molar refractivity (Wildman–Crippen MR) is 78.7 cm³/mol. The van der Waals surface area contributed by atoms with Crippen LogP contribution >= 0.6 is 0 Å². The van der Waals surface area contributed by atoms with Crippen molar-refractivity contribution < 1.29 is 9.64 Å². The van der Waals surface area contributed by atoms with E-state index in [1.54, 1.807) is 0 Å². The Hall–Kier alpha value is -1.84. The van der Waals surface area contributed by atoms with E-state index < -0.39 is 0 Å². The summed E-state index contributed by atoms with van der Waals surface area (Å²) >= 11 is 0. The van der Waals surface area contributed by atoms with Crippen LogP contribution in [0, 0.1) is 0 Å². The highest BCUT2D eigenvalue weighted by molar-refractivity contribution is 5.51. The average molecular weight is 267 g/mol. The van der Waals surface area contributed by atoms with Gasteiger partial charge in [-0.2, -0.15) is 0 Å². The van der Waals surface area contributed by atoms with E-state index in [4.69, 9.17) is 4.74 Å².